The molecule has 0 aliphatic carbocycles. The number of nitro groups is 4. The summed E-state index contributed by atoms with van der Waals surface area (Å²) < 4.78 is 44.9. The van der Waals surface area contributed by atoms with Crippen molar-refractivity contribution in [2.24, 2.45) is 0 Å². The molecule has 0 saturated carbocycles. The minimum atomic E-state index is -0.513. The van der Waals surface area contributed by atoms with E-state index in [1.807, 2.05) is 9.80 Å². The summed E-state index contributed by atoms with van der Waals surface area (Å²) in [5.41, 5.74) is 0.963. The molecule has 4 aromatic rings. The number of rotatable bonds is 63. The number of benzene rings is 4. The highest BCUT2D eigenvalue weighted by molar-refractivity contribution is 5.80. The molecule has 0 spiro atoms. The molecule has 0 aliphatic rings. The Bertz CT molecular complexity index is 3530. The lowest BCUT2D eigenvalue weighted by Gasteiger charge is -2.27. The van der Waals surface area contributed by atoms with Crippen LogP contribution in [0.1, 0.15) is 151 Å². The highest BCUT2D eigenvalue weighted by Crippen LogP contribution is 2.41. The summed E-state index contributed by atoms with van der Waals surface area (Å²) in [6, 6.07) is 9.83. The summed E-state index contributed by atoms with van der Waals surface area (Å²) in [5, 5.41) is 81.6. The summed E-state index contributed by atoms with van der Waals surface area (Å²) in [6.07, 6.45) is 0.862. The number of amides is 8. The van der Waals surface area contributed by atoms with Crippen LogP contribution < -0.4 is 102 Å². The molecular formula is C78H120N18O24. The molecule has 0 aromatic heterocycles. The maximum atomic E-state index is 13.4. The maximum Gasteiger partial charge on any atom is 0.278 e. The first-order chi connectivity index (χ1) is 57.4. The molecule has 0 heterocycles. The molecule has 0 bridgehead atoms. The monoisotopic (exact) mass is 1690 g/mol. The van der Waals surface area contributed by atoms with Gasteiger partial charge in [0.2, 0.25) is 47.3 Å². The number of hydrogen-bond acceptors (Lipinski definition) is 30. The lowest BCUT2D eigenvalue weighted by Crippen LogP contribution is -2.42. The highest BCUT2D eigenvalue weighted by Gasteiger charge is 2.29. The Morgan fingerprint density at radius 1 is 0.292 bits per heavy atom. The number of nitro benzene ring substituents is 4. The van der Waals surface area contributed by atoms with Gasteiger partial charge in [-0.3, -0.25) is 78.8 Å². The van der Waals surface area contributed by atoms with E-state index in [0.29, 0.717) is 22.3 Å². The Hall–Kier alpha value is -11.6. The molecule has 8 amide bonds. The van der Waals surface area contributed by atoms with Crippen LogP contribution in [0.15, 0.2) is 48.5 Å². The van der Waals surface area contributed by atoms with E-state index in [-0.39, 0.29) is 335 Å². The molecule has 0 fully saturated rings. The summed E-state index contributed by atoms with van der Waals surface area (Å²) >= 11 is 0. The molecule has 0 saturated heterocycles. The van der Waals surface area contributed by atoms with Crippen LogP contribution in [0.5, 0.6) is 46.0 Å². The van der Waals surface area contributed by atoms with Gasteiger partial charge < -0.3 is 111 Å². The van der Waals surface area contributed by atoms with E-state index < -0.39 is 19.7 Å². The molecule has 0 radical (unpaired) electrons. The van der Waals surface area contributed by atoms with Gasteiger partial charge in [-0.05, 0) is 106 Å². The molecule has 120 heavy (non-hydrogen) atoms. The third-order valence-corrected chi connectivity index (χ3v) is 19.3. The van der Waals surface area contributed by atoms with Crippen molar-refractivity contribution in [2.45, 2.75) is 129 Å². The Morgan fingerprint density at radius 2 is 0.467 bits per heavy atom. The molecule has 0 aliphatic heterocycles. The van der Waals surface area contributed by atoms with Crippen molar-refractivity contribution in [2.75, 3.05) is 175 Å². The quantitative estimate of drug-likeness (QED) is 0.0166. The SMILES string of the molecule is CNC(C)c1cc(OC)c(OCCCC(=O)NCCNC(=O)CCN(CCC(=O)NCCNC(=O)CCCOc2cc([N+](=O)[O-])c(C(C)NC)cc2OC)CCN(CCC(=O)NCCNC(=O)CCCOc2cc([N+](=O)[O-])c(C(C)NC)cc2OC)CCC(=O)NCCNC(=O)CCCOc2cc([N+](=O)[O-])c(C(C)NC)cc2OC)cc1[N+](=O)[O-]. The molecule has 42 nitrogen and oxygen atoms in total. The lowest BCUT2D eigenvalue weighted by molar-refractivity contribution is -0.386. The van der Waals surface area contributed by atoms with E-state index in [1.54, 1.807) is 55.9 Å². The van der Waals surface area contributed by atoms with Gasteiger partial charge in [0.15, 0.2) is 46.0 Å². The normalized spacial score (nSPS) is 12.0. The van der Waals surface area contributed by atoms with Crippen LogP contribution >= 0.6 is 0 Å². The maximum absolute atomic E-state index is 13.4. The van der Waals surface area contributed by atoms with Crippen LogP contribution in [0.4, 0.5) is 22.7 Å². The van der Waals surface area contributed by atoms with Crippen LogP contribution in [-0.2, 0) is 38.4 Å². The van der Waals surface area contributed by atoms with Crippen molar-refractivity contribution in [3.05, 3.63) is 111 Å². The molecule has 4 unspecified atom stereocenters. The first-order valence-corrected chi connectivity index (χ1v) is 39.7. The van der Waals surface area contributed by atoms with Gasteiger partial charge in [-0.2, -0.15) is 0 Å². The van der Waals surface area contributed by atoms with Crippen molar-refractivity contribution in [3.63, 3.8) is 0 Å². The second kappa shape index (κ2) is 55.2. The smallest absolute Gasteiger partial charge is 0.278 e. The summed E-state index contributed by atoms with van der Waals surface area (Å²) in [5.74, 6) is -1.20. The minimum Gasteiger partial charge on any atom is -0.493 e. The number of carbonyl (C=O) groups excluding carboxylic acids is 8. The van der Waals surface area contributed by atoms with Gasteiger partial charge in [0.05, 0.1) is 121 Å². The van der Waals surface area contributed by atoms with E-state index >= 15 is 0 Å². The van der Waals surface area contributed by atoms with Crippen LogP contribution in [0, 0.1) is 40.5 Å². The number of carbonyl (C=O) groups is 8. The summed E-state index contributed by atoms with van der Waals surface area (Å²) in [6.45, 7) is 8.66. The van der Waals surface area contributed by atoms with Crippen LogP contribution in [0.3, 0.4) is 0 Å². The molecule has 4 aromatic carbocycles. The van der Waals surface area contributed by atoms with Gasteiger partial charge in [0, 0.05) is 167 Å². The zero-order valence-corrected chi connectivity index (χ0v) is 70.6. The predicted molar refractivity (Wildman–Crippen MR) is 443 cm³/mol. The summed E-state index contributed by atoms with van der Waals surface area (Å²) in [7, 11) is 12.3. The van der Waals surface area contributed by atoms with Crippen molar-refractivity contribution in [1.29, 1.82) is 0 Å². The summed E-state index contributed by atoms with van der Waals surface area (Å²) in [4.78, 5) is 154. The van der Waals surface area contributed by atoms with Gasteiger partial charge in [0.25, 0.3) is 22.7 Å². The number of nitrogens with one attached hydrogen (secondary N) is 12. The third-order valence-electron chi connectivity index (χ3n) is 19.3. The van der Waals surface area contributed by atoms with E-state index in [0.717, 1.165) is 0 Å². The van der Waals surface area contributed by atoms with E-state index in [2.05, 4.69) is 63.8 Å². The van der Waals surface area contributed by atoms with Gasteiger partial charge in [0.1, 0.15) is 0 Å². The van der Waals surface area contributed by atoms with Gasteiger partial charge in [-0.1, -0.05) is 0 Å². The van der Waals surface area contributed by atoms with Crippen LogP contribution in [0.25, 0.3) is 0 Å². The molecule has 666 valence electrons. The van der Waals surface area contributed by atoms with E-state index in [4.69, 9.17) is 37.9 Å². The molecule has 42 heteroatoms. The molecule has 4 atom stereocenters. The standard InChI is InChI=1S/C78H120N18O24/c1-51(79-5)55-43-63(113-9)67(47-59(55)93(105)106)117-39-13-17-71(97)83-25-29-87-75(101)21-33-91(34-22-76(102)88-30-26-84-72(98)18-14-40-118-68-48-60(94(107)108)56(52(2)80-6)44-64(68)114-10)37-38-92(35-23-77(103)89-31-27-85-73(99)19-15-41-119-69-49-61(95(109)110)57(53(3)81-7)45-65(69)115-11)36-24-78(104)90-32-28-86-74(100)20-16-42-120-70-50-62(96(111)112)58(54(4)82-8)46-66(70)116-12/h43-54,79-82H,13-42H2,1-12H3,(H,83,97)(H,84,98)(H,85,99)(H,86,100)(H,87,101)(H,88,102)(H,89,103)(H,90,104). The second-order valence-electron chi connectivity index (χ2n) is 27.6. The second-order valence-corrected chi connectivity index (χ2v) is 27.6. The molecule has 4 rings (SSSR count). The average Bonchev–Trinajstić information content (AvgIpc) is 0.827. The Labute approximate surface area is 697 Å². The van der Waals surface area contributed by atoms with E-state index in [1.165, 1.54) is 77.0 Å². The van der Waals surface area contributed by atoms with Crippen molar-refractivity contribution in [1.82, 2.24) is 73.6 Å². The van der Waals surface area contributed by atoms with Crippen LogP contribution in [0.2, 0.25) is 0 Å². The van der Waals surface area contributed by atoms with Gasteiger partial charge >= 0.3 is 0 Å². The largest absolute Gasteiger partial charge is 0.493 e. The lowest BCUT2D eigenvalue weighted by atomic mass is 10.1. The Balaban J connectivity index is 1.39. The zero-order chi connectivity index (χ0) is 88.6. The minimum absolute atomic E-state index is 0.0318. The van der Waals surface area contributed by atoms with Gasteiger partial charge in [-0.25, -0.2) is 0 Å². The highest BCUT2D eigenvalue weighted by atomic mass is 16.6. The van der Waals surface area contributed by atoms with Crippen molar-refractivity contribution >= 4 is 70.0 Å². The number of methoxy groups -OCH3 is 4. The fourth-order valence-corrected chi connectivity index (χ4v) is 12.0. The van der Waals surface area contributed by atoms with Crippen LogP contribution in [-0.4, -0.2) is 251 Å². The average molecular weight is 1690 g/mol. The first kappa shape index (κ1) is 101. The number of nitrogens with zero attached hydrogens (tertiary/aromatic N) is 6. The van der Waals surface area contributed by atoms with E-state index in [9.17, 15) is 78.8 Å². The predicted octanol–water partition coefficient (Wildman–Crippen LogP) is 4.31. The van der Waals surface area contributed by atoms with Crippen molar-refractivity contribution in [3.8, 4) is 46.0 Å². The molecular weight excluding hydrogens is 1570 g/mol. The molecule has 12 N–H and O–H groups in total. The first-order valence-electron chi connectivity index (χ1n) is 39.7. The fraction of sp³-hybridized carbons (Fsp3) is 0.590. The zero-order valence-electron chi connectivity index (χ0n) is 70.6. The third kappa shape index (κ3) is 35.9. The Kier molecular flexibility index (Phi) is 46.4. The topological polar surface area (TPSA) is 534 Å². The fourth-order valence-electron chi connectivity index (χ4n) is 12.0. The Morgan fingerprint density at radius 3 is 0.625 bits per heavy atom. The van der Waals surface area contributed by atoms with Crippen molar-refractivity contribution < 1.29 is 95.9 Å². The number of hydrogen-bond donors (Lipinski definition) is 12. The van der Waals surface area contributed by atoms with Gasteiger partial charge in [-0.15, -0.1) is 0 Å². The number of ether oxygens (including phenoxy) is 8.